The summed E-state index contributed by atoms with van der Waals surface area (Å²) in [4.78, 5) is 43.0. The average molecular weight is 428 g/mol. The van der Waals surface area contributed by atoms with Crippen molar-refractivity contribution in [1.29, 1.82) is 0 Å². The number of aromatic amines is 1. The van der Waals surface area contributed by atoms with Crippen LogP contribution in [0.1, 0.15) is 33.9 Å². The summed E-state index contributed by atoms with van der Waals surface area (Å²) in [5.41, 5.74) is 11.2. The van der Waals surface area contributed by atoms with Crippen LogP contribution in [0.15, 0.2) is 11.1 Å². The minimum atomic E-state index is -0.833. The fraction of sp³-hybridized carbons (Fsp3) is 0.588. The van der Waals surface area contributed by atoms with Gasteiger partial charge in [-0.1, -0.05) is 13.8 Å². The maximum Gasteiger partial charge on any atom is 0.323 e. The molecule has 0 aromatic carbocycles. The molecule has 2 rings (SSSR count). The Labute approximate surface area is 172 Å². The molecule has 13 heteroatoms. The van der Waals surface area contributed by atoms with Crippen LogP contribution in [0.4, 0.5) is 5.95 Å². The quantitative estimate of drug-likeness (QED) is 0.329. The Kier molecular flexibility index (Phi) is 9.36. The molecule has 0 bridgehead atoms. The summed E-state index contributed by atoms with van der Waals surface area (Å²) >= 11 is 0. The molecule has 30 heavy (non-hydrogen) atoms. The molecule has 0 fully saturated rings. The fourth-order valence-electron chi connectivity index (χ4n) is 2.23. The van der Waals surface area contributed by atoms with Crippen molar-refractivity contribution >= 4 is 29.1 Å². The van der Waals surface area contributed by atoms with Crippen molar-refractivity contribution in [1.82, 2.24) is 19.5 Å². The van der Waals surface area contributed by atoms with Gasteiger partial charge in [-0.25, -0.2) is 4.98 Å². The number of carbonyl (C=O) groups is 2. The van der Waals surface area contributed by atoms with E-state index in [1.807, 2.05) is 0 Å². The van der Waals surface area contributed by atoms with Gasteiger partial charge in [0, 0.05) is 6.92 Å². The summed E-state index contributed by atoms with van der Waals surface area (Å²) in [5.74, 6) is -1.52. The number of ether oxygens (including phenoxy) is 2. The lowest BCUT2D eigenvalue weighted by Crippen LogP contribution is -2.39. The van der Waals surface area contributed by atoms with Gasteiger partial charge < -0.3 is 31.2 Å². The molecule has 3 atom stereocenters. The van der Waals surface area contributed by atoms with Crippen LogP contribution in [0.3, 0.4) is 0 Å². The second kappa shape index (κ2) is 11.2. The van der Waals surface area contributed by atoms with Crippen molar-refractivity contribution in [2.75, 3.05) is 18.9 Å². The van der Waals surface area contributed by atoms with E-state index in [9.17, 15) is 14.7 Å². The first-order chi connectivity index (χ1) is 14.0. The minimum Gasteiger partial charge on any atom is -0.481 e. The Hall–Kier alpha value is -3.03. The molecule has 0 saturated carbocycles. The number of carbonyl (C=O) groups excluding carboxylic acids is 1. The predicted octanol–water partition coefficient (Wildman–Crippen LogP) is -0.785. The number of nitrogen functional groups attached to an aromatic ring is 1. The van der Waals surface area contributed by atoms with Crippen LogP contribution in [0.5, 0.6) is 0 Å². The summed E-state index contributed by atoms with van der Waals surface area (Å²) in [5, 5.41) is 16.9. The van der Waals surface area contributed by atoms with Gasteiger partial charge in [0.05, 0.1) is 12.9 Å². The molecule has 2 aromatic heterocycles. The molecule has 2 unspecified atom stereocenters. The Morgan fingerprint density at radius 1 is 1.33 bits per heavy atom. The van der Waals surface area contributed by atoms with Gasteiger partial charge in [0.1, 0.15) is 25.0 Å². The predicted molar refractivity (Wildman–Crippen MR) is 106 cm³/mol. The second-order valence-corrected chi connectivity index (χ2v) is 6.73. The zero-order valence-corrected chi connectivity index (χ0v) is 17.2. The van der Waals surface area contributed by atoms with Crippen molar-refractivity contribution in [3.05, 3.63) is 16.7 Å². The number of imidazole rings is 1. The summed E-state index contributed by atoms with van der Waals surface area (Å²) in [6, 6.07) is -0.747. The number of nitrogens with one attached hydrogen (secondary N) is 1. The number of fused-ring (bicyclic) bond motifs is 1. The van der Waals surface area contributed by atoms with Crippen molar-refractivity contribution in [3.8, 4) is 0 Å². The zero-order chi connectivity index (χ0) is 23.0. The summed E-state index contributed by atoms with van der Waals surface area (Å²) in [6.07, 6.45) is -0.0556. The highest BCUT2D eigenvalue weighted by Gasteiger charge is 2.22. The number of hydrogen-bond donors (Lipinski definition) is 5. The number of hydrogen-bond acceptors (Lipinski definition) is 10. The highest BCUT2D eigenvalue weighted by Crippen LogP contribution is 2.17. The van der Waals surface area contributed by atoms with Crippen molar-refractivity contribution < 1.29 is 29.3 Å². The van der Waals surface area contributed by atoms with Crippen molar-refractivity contribution in [2.45, 2.75) is 46.1 Å². The molecule has 13 nitrogen and oxygen atoms in total. The molecule has 0 spiro atoms. The third-order valence-electron chi connectivity index (χ3n) is 3.84. The number of esters is 1. The molecule has 0 aliphatic rings. The first kappa shape index (κ1) is 25.0. The third-order valence-corrected chi connectivity index (χ3v) is 3.84. The average Bonchev–Trinajstić information content (AvgIpc) is 3.07. The van der Waals surface area contributed by atoms with E-state index in [-0.39, 0.29) is 36.2 Å². The standard InChI is InChI=1S/C15H24N6O5.C2H4O2/c1-7(2)10(16)14(24)25-5-9(4-22)26-8(3)21-6-18-11-12(21)19-15(17)20-13(11)23;1-2(3)4/h6-10,22H,4-5,16H2,1-3H3,(H3,17,19,20,23);1H3,(H,3,4)/t8?,9?,10-;/m0./s1. The van der Waals surface area contributed by atoms with Crippen LogP contribution in [0, 0.1) is 5.92 Å². The van der Waals surface area contributed by atoms with Crippen LogP contribution in [-0.2, 0) is 19.1 Å². The van der Waals surface area contributed by atoms with Gasteiger partial charge in [0.25, 0.3) is 11.5 Å². The van der Waals surface area contributed by atoms with Crippen LogP contribution < -0.4 is 17.0 Å². The SMILES string of the molecule is CC(=O)O.CC(C)[C@H](N)C(=O)OCC(CO)OC(C)n1cnc2c(=O)[nH]c(N)nc21. The molecule has 0 aliphatic heterocycles. The number of aromatic nitrogens is 4. The first-order valence-corrected chi connectivity index (χ1v) is 9.08. The van der Waals surface area contributed by atoms with Crippen molar-refractivity contribution in [3.63, 3.8) is 0 Å². The van der Waals surface area contributed by atoms with E-state index in [2.05, 4.69) is 15.0 Å². The molecule has 7 N–H and O–H groups in total. The molecular weight excluding hydrogens is 400 g/mol. The number of aliphatic hydroxyl groups excluding tert-OH is 1. The van der Waals surface area contributed by atoms with Crippen LogP contribution in [0.25, 0.3) is 11.2 Å². The van der Waals surface area contributed by atoms with E-state index in [1.165, 1.54) is 10.9 Å². The number of nitrogens with two attached hydrogens (primary N) is 2. The number of carboxylic acids is 1. The van der Waals surface area contributed by atoms with Gasteiger partial charge in [-0.3, -0.25) is 23.9 Å². The van der Waals surface area contributed by atoms with Gasteiger partial charge in [0.15, 0.2) is 11.2 Å². The lowest BCUT2D eigenvalue weighted by molar-refractivity contribution is -0.155. The van der Waals surface area contributed by atoms with Gasteiger partial charge in [0.2, 0.25) is 5.95 Å². The summed E-state index contributed by atoms with van der Waals surface area (Å²) in [6.45, 7) is 5.82. The summed E-state index contributed by atoms with van der Waals surface area (Å²) in [7, 11) is 0. The number of H-pyrrole nitrogens is 1. The van der Waals surface area contributed by atoms with Crippen LogP contribution >= 0.6 is 0 Å². The lowest BCUT2D eigenvalue weighted by atomic mass is 10.1. The zero-order valence-electron chi connectivity index (χ0n) is 17.2. The summed E-state index contributed by atoms with van der Waals surface area (Å²) < 4.78 is 12.3. The number of carboxylic acid groups (broad SMARTS) is 1. The van der Waals surface area contributed by atoms with E-state index < -0.39 is 35.9 Å². The number of aliphatic carboxylic acids is 1. The van der Waals surface area contributed by atoms with Crippen LogP contribution in [-0.4, -0.2) is 67.0 Å². The van der Waals surface area contributed by atoms with E-state index in [4.69, 9.17) is 30.8 Å². The van der Waals surface area contributed by atoms with E-state index in [0.29, 0.717) is 0 Å². The molecular formula is C17H28N6O7. The largest absolute Gasteiger partial charge is 0.481 e. The third kappa shape index (κ3) is 7.09. The van der Waals surface area contributed by atoms with Gasteiger partial charge in [-0.2, -0.15) is 4.98 Å². The number of nitrogens with zero attached hydrogens (tertiary/aromatic N) is 3. The topological polar surface area (TPSA) is 209 Å². The van der Waals surface area contributed by atoms with E-state index in [0.717, 1.165) is 6.92 Å². The number of rotatable bonds is 8. The Morgan fingerprint density at radius 2 is 1.93 bits per heavy atom. The monoisotopic (exact) mass is 428 g/mol. The number of aliphatic hydroxyl groups is 1. The molecule has 168 valence electrons. The molecule has 0 amide bonds. The number of anilines is 1. The fourth-order valence-corrected chi connectivity index (χ4v) is 2.23. The van der Waals surface area contributed by atoms with Gasteiger partial charge >= 0.3 is 5.97 Å². The molecule has 0 radical (unpaired) electrons. The maximum atomic E-state index is 11.8. The van der Waals surface area contributed by atoms with E-state index in [1.54, 1.807) is 20.8 Å². The molecule has 2 heterocycles. The lowest BCUT2D eigenvalue weighted by Gasteiger charge is -2.23. The normalized spacial score (nSPS) is 14.0. The minimum absolute atomic E-state index is 0.0493. The first-order valence-electron chi connectivity index (χ1n) is 9.08. The van der Waals surface area contributed by atoms with E-state index >= 15 is 0 Å². The Bertz CT molecular complexity index is 906. The van der Waals surface area contributed by atoms with Crippen molar-refractivity contribution in [2.24, 2.45) is 11.7 Å². The molecule has 0 aliphatic carbocycles. The Morgan fingerprint density at radius 3 is 2.47 bits per heavy atom. The maximum absolute atomic E-state index is 11.8. The smallest absolute Gasteiger partial charge is 0.323 e. The van der Waals surface area contributed by atoms with Gasteiger partial charge in [-0.05, 0) is 12.8 Å². The van der Waals surface area contributed by atoms with Gasteiger partial charge in [-0.15, -0.1) is 0 Å². The van der Waals surface area contributed by atoms with Crippen LogP contribution in [0.2, 0.25) is 0 Å². The molecule has 2 aromatic rings. The molecule has 0 saturated heterocycles. The highest BCUT2D eigenvalue weighted by atomic mass is 16.6. The second-order valence-electron chi connectivity index (χ2n) is 6.73. The highest BCUT2D eigenvalue weighted by molar-refractivity contribution is 5.75. The Balaban J connectivity index is 0.00000103.